The maximum absolute atomic E-state index is 11.5. The fraction of sp³-hybridized carbons (Fsp3) is 0.714. The van der Waals surface area contributed by atoms with Crippen molar-refractivity contribution in [3.63, 3.8) is 0 Å². The lowest BCUT2D eigenvalue weighted by Gasteiger charge is -2.12. The van der Waals surface area contributed by atoms with Gasteiger partial charge >= 0.3 is 0 Å². The molecule has 1 atom stereocenters. The number of hydrogen-bond donors (Lipinski definition) is 2. The van der Waals surface area contributed by atoms with Gasteiger partial charge in [-0.2, -0.15) is 0 Å². The summed E-state index contributed by atoms with van der Waals surface area (Å²) in [4.78, 5) is 18.8. The molecular formula is C14H25N3OS. The van der Waals surface area contributed by atoms with Crippen molar-refractivity contribution >= 4 is 11.8 Å². The summed E-state index contributed by atoms with van der Waals surface area (Å²) in [6.07, 6.45) is 4.11. The van der Waals surface area contributed by atoms with Crippen LogP contribution in [0, 0.1) is 0 Å². The Morgan fingerprint density at radius 3 is 2.89 bits per heavy atom. The predicted octanol–water partition coefficient (Wildman–Crippen LogP) is 2.59. The van der Waals surface area contributed by atoms with E-state index in [1.165, 1.54) is 0 Å². The van der Waals surface area contributed by atoms with E-state index in [1.54, 1.807) is 17.8 Å². The van der Waals surface area contributed by atoms with Gasteiger partial charge in [0.25, 0.3) is 5.56 Å². The Morgan fingerprint density at radius 2 is 2.21 bits per heavy atom. The number of rotatable bonds is 9. The molecule has 0 spiro atoms. The smallest absolute Gasteiger partial charge is 0.251 e. The van der Waals surface area contributed by atoms with Crippen LogP contribution >= 0.6 is 11.8 Å². The first-order valence-corrected chi connectivity index (χ1v) is 8.10. The molecule has 2 N–H and O–H groups in total. The highest BCUT2D eigenvalue weighted by molar-refractivity contribution is 7.99. The van der Waals surface area contributed by atoms with Gasteiger partial charge < -0.3 is 10.3 Å². The van der Waals surface area contributed by atoms with Crippen LogP contribution in [0.15, 0.2) is 16.0 Å². The zero-order chi connectivity index (χ0) is 14.1. The molecule has 1 aromatic rings. The SMILES string of the molecule is CCCNC(C)CCSc1nc(CCC)cc(=O)[nH]1. The Balaban J connectivity index is 2.42. The van der Waals surface area contributed by atoms with E-state index in [9.17, 15) is 4.79 Å². The summed E-state index contributed by atoms with van der Waals surface area (Å²) in [5.41, 5.74) is 0.851. The molecule has 4 nitrogen and oxygen atoms in total. The molecule has 0 aliphatic heterocycles. The monoisotopic (exact) mass is 283 g/mol. The van der Waals surface area contributed by atoms with Crippen LogP contribution in [0.2, 0.25) is 0 Å². The predicted molar refractivity (Wildman–Crippen MR) is 81.9 cm³/mol. The fourth-order valence-electron chi connectivity index (χ4n) is 1.76. The minimum atomic E-state index is -0.0434. The van der Waals surface area contributed by atoms with E-state index >= 15 is 0 Å². The van der Waals surface area contributed by atoms with Gasteiger partial charge in [-0.25, -0.2) is 4.98 Å². The highest BCUT2D eigenvalue weighted by Gasteiger charge is 2.04. The first kappa shape index (κ1) is 16.2. The van der Waals surface area contributed by atoms with Crippen molar-refractivity contribution in [1.82, 2.24) is 15.3 Å². The summed E-state index contributed by atoms with van der Waals surface area (Å²) in [5.74, 6) is 0.969. The van der Waals surface area contributed by atoms with Gasteiger partial charge in [-0.3, -0.25) is 4.79 Å². The standard InChI is InChI=1S/C14H25N3OS/c1-4-6-12-10-13(18)17-14(16-12)19-9-7-11(3)15-8-5-2/h10-11,15H,4-9H2,1-3H3,(H,16,17,18). The van der Waals surface area contributed by atoms with Crippen LogP contribution < -0.4 is 10.9 Å². The van der Waals surface area contributed by atoms with E-state index in [0.717, 1.165) is 48.8 Å². The highest BCUT2D eigenvalue weighted by atomic mass is 32.2. The topological polar surface area (TPSA) is 57.8 Å². The van der Waals surface area contributed by atoms with E-state index in [-0.39, 0.29) is 5.56 Å². The molecule has 0 aliphatic rings. The number of H-pyrrole nitrogens is 1. The van der Waals surface area contributed by atoms with E-state index in [1.807, 2.05) is 0 Å². The van der Waals surface area contributed by atoms with Gasteiger partial charge in [0.15, 0.2) is 5.16 Å². The second kappa shape index (κ2) is 9.15. The maximum Gasteiger partial charge on any atom is 0.251 e. The number of aryl methyl sites for hydroxylation is 1. The molecule has 5 heteroatoms. The Bertz CT molecular complexity index is 419. The molecule has 19 heavy (non-hydrogen) atoms. The Kier molecular flexibility index (Phi) is 7.82. The summed E-state index contributed by atoms with van der Waals surface area (Å²) in [6.45, 7) is 7.52. The number of nitrogens with one attached hydrogen (secondary N) is 2. The third-order valence-electron chi connectivity index (χ3n) is 2.81. The lowest BCUT2D eigenvalue weighted by molar-refractivity contribution is 0.536. The lowest BCUT2D eigenvalue weighted by Crippen LogP contribution is -2.27. The fourth-order valence-corrected chi connectivity index (χ4v) is 2.78. The largest absolute Gasteiger partial charge is 0.314 e. The summed E-state index contributed by atoms with van der Waals surface area (Å²) in [7, 11) is 0. The molecular weight excluding hydrogens is 258 g/mol. The third kappa shape index (κ3) is 6.78. The van der Waals surface area contributed by atoms with Crippen molar-refractivity contribution in [1.29, 1.82) is 0 Å². The first-order valence-electron chi connectivity index (χ1n) is 7.12. The molecule has 108 valence electrons. The molecule has 1 unspecified atom stereocenters. The summed E-state index contributed by atoms with van der Waals surface area (Å²) in [6, 6.07) is 2.11. The van der Waals surface area contributed by atoms with Crippen molar-refractivity contribution < 1.29 is 0 Å². The molecule has 1 aromatic heterocycles. The number of aromatic amines is 1. The number of nitrogens with zero attached hydrogens (tertiary/aromatic N) is 1. The van der Waals surface area contributed by atoms with Crippen LogP contribution in [0.1, 0.15) is 45.7 Å². The van der Waals surface area contributed by atoms with Gasteiger partial charge in [0.2, 0.25) is 0 Å². The van der Waals surface area contributed by atoms with E-state index < -0.39 is 0 Å². The molecule has 0 saturated carbocycles. The molecule has 0 aromatic carbocycles. The zero-order valence-corrected chi connectivity index (χ0v) is 13.0. The van der Waals surface area contributed by atoms with Gasteiger partial charge in [0.1, 0.15) is 0 Å². The Labute approximate surface area is 119 Å². The van der Waals surface area contributed by atoms with Crippen LogP contribution in [0.4, 0.5) is 0 Å². The van der Waals surface area contributed by atoms with Crippen LogP contribution in [-0.4, -0.2) is 28.3 Å². The zero-order valence-electron chi connectivity index (χ0n) is 12.2. The molecule has 0 amide bonds. The number of thioether (sulfide) groups is 1. The second-order valence-corrected chi connectivity index (χ2v) is 5.87. The van der Waals surface area contributed by atoms with E-state index in [2.05, 4.69) is 36.1 Å². The van der Waals surface area contributed by atoms with Crippen molar-refractivity contribution in [2.24, 2.45) is 0 Å². The van der Waals surface area contributed by atoms with E-state index in [0.29, 0.717) is 6.04 Å². The molecule has 1 rings (SSSR count). The van der Waals surface area contributed by atoms with Gasteiger partial charge in [-0.15, -0.1) is 0 Å². The molecule has 0 aliphatic carbocycles. The Hall–Kier alpha value is -0.810. The minimum Gasteiger partial charge on any atom is -0.314 e. The van der Waals surface area contributed by atoms with Gasteiger partial charge in [0, 0.05) is 23.6 Å². The molecule has 0 saturated heterocycles. The van der Waals surface area contributed by atoms with Gasteiger partial charge in [0.05, 0.1) is 0 Å². The summed E-state index contributed by atoms with van der Waals surface area (Å²) in [5, 5.41) is 4.20. The quantitative estimate of drug-likeness (QED) is 0.540. The van der Waals surface area contributed by atoms with Crippen molar-refractivity contribution in [2.75, 3.05) is 12.3 Å². The minimum absolute atomic E-state index is 0.0434. The Morgan fingerprint density at radius 1 is 1.42 bits per heavy atom. The maximum atomic E-state index is 11.5. The van der Waals surface area contributed by atoms with E-state index in [4.69, 9.17) is 0 Å². The molecule has 1 heterocycles. The van der Waals surface area contributed by atoms with Crippen molar-refractivity contribution in [3.8, 4) is 0 Å². The molecule has 0 radical (unpaired) electrons. The molecule has 0 fully saturated rings. The van der Waals surface area contributed by atoms with Crippen LogP contribution in [-0.2, 0) is 6.42 Å². The number of aromatic nitrogens is 2. The van der Waals surface area contributed by atoms with Gasteiger partial charge in [-0.05, 0) is 32.7 Å². The summed E-state index contributed by atoms with van der Waals surface area (Å²) < 4.78 is 0. The lowest BCUT2D eigenvalue weighted by atomic mass is 10.2. The normalized spacial score (nSPS) is 12.6. The van der Waals surface area contributed by atoms with Crippen LogP contribution in [0.25, 0.3) is 0 Å². The van der Waals surface area contributed by atoms with Gasteiger partial charge in [-0.1, -0.05) is 32.0 Å². The second-order valence-electron chi connectivity index (χ2n) is 4.78. The highest BCUT2D eigenvalue weighted by Crippen LogP contribution is 2.14. The molecule has 0 bridgehead atoms. The average Bonchev–Trinajstić information content (AvgIpc) is 2.36. The average molecular weight is 283 g/mol. The van der Waals surface area contributed by atoms with Crippen LogP contribution in [0.5, 0.6) is 0 Å². The van der Waals surface area contributed by atoms with Crippen molar-refractivity contribution in [3.05, 3.63) is 22.1 Å². The summed E-state index contributed by atoms with van der Waals surface area (Å²) >= 11 is 1.63. The van der Waals surface area contributed by atoms with Crippen LogP contribution in [0.3, 0.4) is 0 Å². The van der Waals surface area contributed by atoms with Crippen molar-refractivity contribution in [2.45, 2.75) is 57.7 Å². The first-order chi connectivity index (χ1) is 9.15. The third-order valence-corrected chi connectivity index (χ3v) is 3.72. The number of hydrogen-bond acceptors (Lipinski definition) is 4.